The molecule has 1 heterocycles. The first-order chi connectivity index (χ1) is 16.3. The van der Waals surface area contributed by atoms with E-state index in [1.807, 2.05) is 0 Å². The van der Waals surface area contributed by atoms with Crippen LogP contribution >= 0.6 is 11.6 Å². The molecule has 35 heavy (non-hydrogen) atoms. The Hall–Kier alpha value is -3.51. The molecule has 3 aromatic carbocycles. The van der Waals surface area contributed by atoms with Crippen LogP contribution in [0, 0.1) is 17.5 Å². The van der Waals surface area contributed by atoms with Gasteiger partial charge in [0.05, 0.1) is 10.5 Å². The molecule has 182 valence electrons. The molecule has 0 fully saturated rings. The number of alkyl halides is 3. The maximum absolute atomic E-state index is 14.6. The number of fused-ring (bicyclic) bond motifs is 1. The Morgan fingerprint density at radius 1 is 0.857 bits per heavy atom. The van der Waals surface area contributed by atoms with Crippen molar-refractivity contribution in [3.8, 4) is 22.6 Å². The summed E-state index contributed by atoms with van der Waals surface area (Å²) in [5.74, 6) is -4.06. The van der Waals surface area contributed by atoms with Crippen LogP contribution in [0.2, 0.25) is 5.02 Å². The third kappa shape index (κ3) is 4.46. The average Bonchev–Trinajstić information content (AvgIpc) is 2.73. The summed E-state index contributed by atoms with van der Waals surface area (Å²) in [5, 5.41) is -0.213. The number of nitrogens with zero attached hydrogens (tertiary/aromatic N) is 1. The summed E-state index contributed by atoms with van der Waals surface area (Å²) in [6.07, 6.45) is 0. The van der Waals surface area contributed by atoms with Crippen molar-refractivity contribution < 1.29 is 38.9 Å². The van der Waals surface area contributed by atoms with Crippen LogP contribution in [-0.2, 0) is 10.1 Å². The number of aromatic nitrogens is 1. The highest BCUT2D eigenvalue weighted by molar-refractivity contribution is 7.88. The lowest BCUT2D eigenvalue weighted by atomic mass is 9.99. The predicted molar refractivity (Wildman–Crippen MR) is 115 cm³/mol. The fraction of sp³-hybridized carbons (Fsp3) is 0.0455. The number of benzene rings is 3. The Bertz CT molecular complexity index is 1630. The van der Waals surface area contributed by atoms with Crippen LogP contribution in [0.3, 0.4) is 0 Å². The van der Waals surface area contributed by atoms with Crippen LogP contribution in [0.25, 0.3) is 27.7 Å². The molecule has 0 radical (unpaired) electrons. The Balaban J connectivity index is 2.14. The van der Waals surface area contributed by atoms with Gasteiger partial charge in [0, 0.05) is 23.1 Å². The van der Waals surface area contributed by atoms with Crippen molar-refractivity contribution in [1.82, 2.24) is 4.57 Å². The van der Waals surface area contributed by atoms with Crippen molar-refractivity contribution in [2.75, 3.05) is 0 Å². The minimum Gasteiger partial charge on any atom is -0.376 e. The number of hydrogen-bond acceptors (Lipinski definition) is 4. The SMILES string of the molecule is O=c1ccc2c(-c3ccc(F)cc3Cl)cc(OS(=O)(=O)C(F)(F)F)cc2n1-c1c(F)cccc1F. The van der Waals surface area contributed by atoms with E-state index in [2.05, 4.69) is 4.18 Å². The topological polar surface area (TPSA) is 65.4 Å². The summed E-state index contributed by atoms with van der Waals surface area (Å²) >= 11 is 6.09. The fourth-order valence-corrected chi connectivity index (χ4v) is 4.12. The van der Waals surface area contributed by atoms with Gasteiger partial charge in [-0.25, -0.2) is 13.2 Å². The molecule has 0 N–H and O–H groups in total. The van der Waals surface area contributed by atoms with Gasteiger partial charge in [-0.3, -0.25) is 9.36 Å². The lowest BCUT2D eigenvalue weighted by Crippen LogP contribution is -2.28. The Kier molecular flexibility index (Phi) is 6.05. The van der Waals surface area contributed by atoms with Crippen LogP contribution in [0.4, 0.5) is 26.3 Å². The van der Waals surface area contributed by atoms with Gasteiger partial charge < -0.3 is 4.18 Å². The third-order valence-electron chi connectivity index (χ3n) is 4.86. The normalized spacial score (nSPS) is 12.2. The van der Waals surface area contributed by atoms with Gasteiger partial charge in [0.1, 0.15) is 28.9 Å². The van der Waals surface area contributed by atoms with Crippen LogP contribution in [0.15, 0.2) is 65.5 Å². The summed E-state index contributed by atoms with van der Waals surface area (Å²) in [5.41, 5.74) is -8.17. The van der Waals surface area contributed by atoms with Gasteiger partial charge in [-0.1, -0.05) is 17.7 Å². The average molecular weight is 534 g/mol. The first kappa shape index (κ1) is 24.6. The van der Waals surface area contributed by atoms with Crippen molar-refractivity contribution in [3.05, 3.63) is 93.5 Å². The van der Waals surface area contributed by atoms with E-state index in [0.29, 0.717) is 10.6 Å². The molecule has 0 bridgehead atoms. The van der Waals surface area contributed by atoms with Crippen LogP contribution in [-0.4, -0.2) is 18.5 Å². The van der Waals surface area contributed by atoms with Gasteiger partial charge in [0.25, 0.3) is 5.56 Å². The Morgan fingerprint density at radius 2 is 1.51 bits per heavy atom. The maximum atomic E-state index is 14.6. The van der Waals surface area contributed by atoms with E-state index in [1.165, 1.54) is 6.07 Å². The Morgan fingerprint density at radius 3 is 2.11 bits per heavy atom. The van der Waals surface area contributed by atoms with Crippen LogP contribution in [0.1, 0.15) is 0 Å². The molecule has 0 saturated heterocycles. The minimum atomic E-state index is -6.17. The van der Waals surface area contributed by atoms with Gasteiger partial charge in [-0.05, 0) is 48.0 Å². The van der Waals surface area contributed by atoms with E-state index < -0.39 is 55.6 Å². The van der Waals surface area contributed by atoms with E-state index in [1.54, 1.807) is 0 Å². The first-order valence-electron chi connectivity index (χ1n) is 9.40. The molecular weight excluding hydrogens is 524 g/mol. The molecule has 0 amide bonds. The van der Waals surface area contributed by atoms with E-state index in [9.17, 15) is 39.6 Å². The lowest BCUT2D eigenvalue weighted by Gasteiger charge is -2.17. The van der Waals surface area contributed by atoms with E-state index in [-0.39, 0.29) is 21.5 Å². The van der Waals surface area contributed by atoms with E-state index in [0.717, 1.165) is 48.5 Å². The molecule has 5 nitrogen and oxygen atoms in total. The zero-order valence-electron chi connectivity index (χ0n) is 16.9. The molecule has 0 saturated carbocycles. The molecule has 4 aromatic rings. The second-order valence-corrected chi connectivity index (χ2v) is 9.03. The molecule has 13 heteroatoms. The van der Waals surface area contributed by atoms with Crippen molar-refractivity contribution in [2.45, 2.75) is 5.51 Å². The summed E-state index contributed by atoms with van der Waals surface area (Å²) < 4.78 is 110. The van der Waals surface area contributed by atoms with Crippen molar-refractivity contribution in [1.29, 1.82) is 0 Å². The Labute approximate surface area is 197 Å². The number of rotatable bonds is 4. The van der Waals surface area contributed by atoms with Crippen molar-refractivity contribution in [3.63, 3.8) is 0 Å². The van der Waals surface area contributed by atoms with Gasteiger partial charge >= 0.3 is 15.6 Å². The second-order valence-electron chi connectivity index (χ2n) is 7.09. The molecule has 0 atom stereocenters. The zero-order valence-corrected chi connectivity index (χ0v) is 18.5. The van der Waals surface area contributed by atoms with Crippen LogP contribution in [0.5, 0.6) is 5.75 Å². The highest BCUT2D eigenvalue weighted by atomic mass is 35.5. The lowest BCUT2D eigenvalue weighted by molar-refractivity contribution is -0.0500. The van der Waals surface area contributed by atoms with Gasteiger partial charge in [0.2, 0.25) is 0 Å². The van der Waals surface area contributed by atoms with Gasteiger partial charge in [-0.15, -0.1) is 0 Å². The molecule has 0 unspecified atom stereocenters. The number of halogens is 7. The van der Waals surface area contributed by atoms with Crippen LogP contribution < -0.4 is 9.74 Å². The smallest absolute Gasteiger partial charge is 0.376 e. The molecule has 0 spiro atoms. The fourth-order valence-electron chi connectivity index (χ4n) is 3.41. The second kappa shape index (κ2) is 8.61. The minimum absolute atomic E-state index is 0.00660. The quantitative estimate of drug-likeness (QED) is 0.185. The third-order valence-corrected chi connectivity index (χ3v) is 6.15. The zero-order chi connectivity index (χ0) is 25.7. The van der Waals surface area contributed by atoms with Crippen molar-refractivity contribution >= 4 is 32.6 Å². The van der Waals surface area contributed by atoms with E-state index >= 15 is 0 Å². The van der Waals surface area contributed by atoms with E-state index in [4.69, 9.17) is 11.6 Å². The molecular formula is C22H10ClF6NO4S. The summed E-state index contributed by atoms with van der Waals surface area (Å²) in [7, 11) is -6.17. The molecule has 4 rings (SSSR count). The maximum Gasteiger partial charge on any atom is 0.534 e. The van der Waals surface area contributed by atoms with Gasteiger partial charge in [-0.2, -0.15) is 21.6 Å². The summed E-state index contributed by atoms with van der Waals surface area (Å²) in [4.78, 5) is 12.7. The highest BCUT2D eigenvalue weighted by Crippen LogP contribution is 2.39. The predicted octanol–water partition coefficient (Wildman–Crippen LogP) is 5.96. The molecule has 0 aliphatic carbocycles. The van der Waals surface area contributed by atoms with Gasteiger partial charge in [0.15, 0.2) is 0 Å². The molecule has 1 aromatic heterocycles. The first-order valence-corrected chi connectivity index (χ1v) is 11.2. The number of hydrogen-bond donors (Lipinski definition) is 0. The molecule has 0 aliphatic heterocycles. The summed E-state index contributed by atoms with van der Waals surface area (Å²) in [6, 6.07) is 9.39. The standard InChI is InChI=1S/C22H10ClF6NO4S/c23-16-8-11(24)4-5-13(16)15-9-12(34-35(32,33)22(27,28)29)10-19-14(15)6-7-20(31)30(19)21-17(25)2-1-3-18(21)26/h1-10H. The molecule has 0 aliphatic rings. The number of pyridine rings is 1. The summed E-state index contributed by atoms with van der Waals surface area (Å²) in [6.45, 7) is 0. The monoisotopic (exact) mass is 533 g/mol. The largest absolute Gasteiger partial charge is 0.534 e. The number of para-hydroxylation sites is 1. The highest BCUT2D eigenvalue weighted by Gasteiger charge is 2.48. The van der Waals surface area contributed by atoms with Crippen molar-refractivity contribution in [2.24, 2.45) is 0 Å².